The van der Waals surface area contributed by atoms with E-state index in [0.717, 1.165) is 11.1 Å². The van der Waals surface area contributed by atoms with Gasteiger partial charge in [0.05, 0.1) is 6.42 Å². The molecule has 3 rings (SSSR count). The van der Waals surface area contributed by atoms with Crippen molar-refractivity contribution in [2.24, 2.45) is 0 Å². The highest BCUT2D eigenvalue weighted by atomic mass is 19.1. The monoisotopic (exact) mass is 411 g/mol. The van der Waals surface area contributed by atoms with Gasteiger partial charge in [0.2, 0.25) is 11.8 Å². The van der Waals surface area contributed by atoms with Crippen molar-refractivity contribution >= 4 is 17.7 Å². The highest BCUT2D eigenvalue weighted by Gasteiger charge is 2.27. The summed E-state index contributed by atoms with van der Waals surface area (Å²) in [5.41, 5.74) is 2.25. The predicted molar refractivity (Wildman–Crippen MR) is 111 cm³/mol. The van der Waals surface area contributed by atoms with Gasteiger partial charge < -0.3 is 15.1 Å². The quantitative estimate of drug-likeness (QED) is 0.820. The van der Waals surface area contributed by atoms with Gasteiger partial charge in [-0.25, -0.2) is 4.39 Å². The maximum absolute atomic E-state index is 13.0. The fourth-order valence-corrected chi connectivity index (χ4v) is 3.47. The molecule has 3 amide bonds. The molecule has 0 aromatic heterocycles. The Kier molecular flexibility index (Phi) is 6.82. The van der Waals surface area contributed by atoms with Gasteiger partial charge in [0.15, 0.2) is 0 Å². The van der Waals surface area contributed by atoms with Crippen LogP contribution < -0.4 is 5.32 Å². The van der Waals surface area contributed by atoms with Crippen LogP contribution in [0.5, 0.6) is 0 Å². The fraction of sp³-hybridized carbons (Fsp3) is 0.348. The third kappa shape index (κ3) is 5.43. The van der Waals surface area contributed by atoms with E-state index in [1.54, 1.807) is 47.1 Å². The number of carbonyl (C=O) groups excluding carboxylic acids is 3. The number of aryl methyl sites for hydroxylation is 1. The van der Waals surface area contributed by atoms with Crippen molar-refractivity contribution in [3.63, 3.8) is 0 Å². The first-order chi connectivity index (χ1) is 14.3. The normalized spacial score (nSPS) is 14.9. The molecule has 1 aliphatic heterocycles. The molecular formula is C23H26FN3O3. The second-order valence-corrected chi connectivity index (χ2v) is 7.57. The molecule has 7 heteroatoms. The van der Waals surface area contributed by atoms with Crippen molar-refractivity contribution in [3.05, 3.63) is 71.0 Å². The Morgan fingerprint density at radius 1 is 1.00 bits per heavy atom. The van der Waals surface area contributed by atoms with Gasteiger partial charge in [0.1, 0.15) is 11.9 Å². The van der Waals surface area contributed by atoms with Crippen LogP contribution in [-0.4, -0.2) is 59.7 Å². The zero-order chi connectivity index (χ0) is 21.7. The highest BCUT2D eigenvalue weighted by molar-refractivity contribution is 5.97. The number of nitrogens with zero attached hydrogens (tertiary/aromatic N) is 2. The average molecular weight is 411 g/mol. The minimum absolute atomic E-state index is 0.0468. The Morgan fingerprint density at radius 2 is 1.63 bits per heavy atom. The summed E-state index contributed by atoms with van der Waals surface area (Å²) < 4.78 is 13.0. The van der Waals surface area contributed by atoms with E-state index >= 15 is 0 Å². The summed E-state index contributed by atoms with van der Waals surface area (Å²) in [5.74, 6) is -0.828. The summed E-state index contributed by atoms with van der Waals surface area (Å²) in [6, 6.07) is 12.4. The van der Waals surface area contributed by atoms with Crippen LogP contribution in [0.3, 0.4) is 0 Å². The van der Waals surface area contributed by atoms with Crippen LogP contribution in [0.2, 0.25) is 0 Å². The molecule has 2 aromatic rings. The number of hydrogen-bond acceptors (Lipinski definition) is 3. The summed E-state index contributed by atoms with van der Waals surface area (Å²) in [4.78, 5) is 40.9. The van der Waals surface area contributed by atoms with Gasteiger partial charge in [0.25, 0.3) is 5.91 Å². The van der Waals surface area contributed by atoms with Gasteiger partial charge >= 0.3 is 0 Å². The largest absolute Gasteiger partial charge is 0.341 e. The molecule has 0 spiro atoms. The molecule has 0 radical (unpaired) electrons. The number of carbonyl (C=O) groups is 3. The Morgan fingerprint density at radius 3 is 2.27 bits per heavy atom. The lowest BCUT2D eigenvalue weighted by atomic mass is 10.1. The van der Waals surface area contributed by atoms with Gasteiger partial charge in [-0.1, -0.05) is 29.8 Å². The zero-order valence-corrected chi connectivity index (χ0v) is 17.2. The molecule has 0 aliphatic carbocycles. The third-order valence-corrected chi connectivity index (χ3v) is 5.21. The predicted octanol–water partition coefficient (Wildman–Crippen LogP) is 2.17. The molecule has 1 N–H and O–H groups in total. The molecule has 0 bridgehead atoms. The van der Waals surface area contributed by atoms with E-state index in [1.807, 2.05) is 13.0 Å². The average Bonchev–Trinajstić information content (AvgIpc) is 2.74. The molecule has 30 heavy (non-hydrogen) atoms. The Bertz CT molecular complexity index is 922. The van der Waals surface area contributed by atoms with Crippen LogP contribution in [0.15, 0.2) is 48.5 Å². The van der Waals surface area contributed by atoms with E-state index in [-0.39, 0.29) is 30.0 Å². The first kappa shape index (κ1) is 21.5. The van der Waals surface area contributed by atoms with Crippen molar-refractivity contribution in [3.8, 4) is 0 Å². The Hall–Kier alpha value is -3.22. The van der Waals surface area contributed by atoms with E-state index in [1.165, 1.54) is 12.1 Å². The highest BCUT2D eigenvalue weighted by Crippen LogP contribution is 2.10. The molecule has 1 saturated heterocycles. The molecule has 158 valence electrons. The second-order valence-electron chi connectivity index (χ2n) is 7.57. The summed E-state index contributed by atoms with van der Waals surface area (Å²) in [6.07, 6.45) is 0.206. The Labute approximate surface area is 175 Å². The van der Waals surface area contributed by atoms with Crippen molar-refractivity contribution in [1.29, 1.82) is 0 Å². The summed E-state index contributed by atoms with van der Waals surface area (Å²) >= 11 is 0. The first-order valence-corrected chi connectivity index (χ1v) is 10.0. The van der Waals surface area contributed by atoms with Gasteiger partial charge in [-0.15, -0.1) is 0 Å². The smallest absolute Gasteiger partial charge is 0.251 e. The third-order valence-electron chi connectivity index (χ3n) is 5.21. The molecule has 1 unspecified atom stereocenters. The zero-order valence-electron chi connectivity index (χ0n) is 17.2. The maximum Gasteiger partial charge on any atom is 0.251 e. The van der Waals surface area contributed by atoms with Crippen molar-refractivity contribution in [2.75, 3.05) is 26.2 Å². The van der Waals surface area contributed by atoms with E-state index in [0.29, 0.717) is 31.7 Å². The number of rotatable bonds is 5. The number of halogens is 1. The number of nitrogens with one attached hydrogen (secondary N) is 1. The first-order valence-electron chi connectivity index (χ1n) is 10.0. The van der Waals surface area contributed by atoms with Crippen LogP contribution in [0, 0.1) is 12.7 Å². The number of piperazine rings is 1. The number of benzene rings is 2. The lowest BCUT2D eigenvalue weighted by molar-refractivity contribution is -0.140. The van der Waals surface area contributed by atoms with Crippen LogP contribution in [0.1, 0.15) is 28.4 Å². The standard InChI is InChI=1S/C23H26FN3O3/c1-16-4-3-5-19(14-16)22(29)25-17(2)23(30)27-12-10-26(11-13-27)21(28)15-18-6-8-20(24)9-7-18/h3-9,14,17H,10-13,15H2,1-2H3,(H,25,29). The van der Waals surface area contributed by atoms with Crippen LogP contribution in [0.25, 0.3) is 0 Å². The summed E-state index contributed by atoms with van der Waals surface area (Å²) in [7, 11) is 0. The number of hydrogen-bond donors (Lipinski definition) is 1. The molecule has 6 nitrogen and oxygen atoms in total. The molecule has 0 saturated carbocycles. The van der Waals surface area contributed by atoms with E-state index < -0.39 is 6.04 Å². The molecule has 1 heterocycles. The minimum Gasteiger partial charge on any atom is -0.341 e. The van der Waals surface area contributed by atoms with Crippen LogP contribution >= 0.6 is 0 Å². The van der Waals surface area contributed by atoms with Crippen LogP contribution in [0.4, 0.5) is 4.39 Å². The summed E-state index contributed by atoms with van der Waals surface area (Å²) in [5, 5.41) is 2.75. The SMILES string of the molecule is Cc1cccc(C(=O)NC(C)C(=O)N2CCN(C(=O)Cc3ccc(F)cc3)CC2)c1. The maximum atomic E-state index is 13.0. The van der Waals surface area contributed by atoms with Crippen LogP contribution in [-0.2, 0) is 16.0 Å². The molecule has 1 atom stereocenters. The summed E-state index contributed by atoms with van der Waals surface area (Å²) in [6.45, 7) is 5.27. The Balaban J connectivity index is 1.48. The molecule has 1 fully saturated rings. The molecular weight excluding hydrogens is 385 g/mol. The van der Waals surface area contributed by atoms with Crippen molar-refractivity contribution in [1.82, 2.24) is 15.1 Å². The van der Waals surface area contributed by atoms with Gasteiger partial charge in [0, 0.05) is 31.7 Å². The molecule has 2 aromatic carbocycles. The van der Waals surface area contributed by atoms with E-state index in [9.17, 15) is 18.8 Å². The van der Waals surface area contributed by atoms with E-state index in [4.69, 9.17) is 0 Å². The van der Waals surface area contributed by atoms with Crippen molar-refractivity contribution in [2.45, 2.75) is 26.3 Å². The van der Waals surface area contributed by atoms with E-state index in [2.05, 4.69) is 5.32 Å². The minimum atomic E-state index is -0.653. The fourth-order valence-electron chi connectivity index (χ4n) is 3.47. The van der Waals surface area contributed by atoms with Gasteiger partial charge in [-0.2, -0.15) is 0 Å². The van der Waals surface area contributed by atoms with Gasteiger partial charge in [-0.3, -0.25) is 14.4 Å². The topological polar surface area (TPSA) is 69.7 Å². The second kappa shape index (κ2) is 9.52. The lowest BCUT2D eigenvalue weighted by Gasteiger charge is -2.36. The van der Waals surface area contributed by atoms with Gasteiger partial charge in [-0.05, 0) is 43.7 Å². The lowest BCUT2D eigenvalue weighted by Crippen LogP contribution is -2.55. The van der Waals surface area contributed by atoms with Crippen molar-refractivity contribution < 1.29 is 18.8 Å². The number of amides is 3. The molecule has 1 aliphatic rings.